The van der Waals surface area contributed by atoms with Gasteiger partial charge < -0.3 is 10.2 Å². The van der Waals surface area contributed by atoms with Gasteiger partial charge in [-0.05, 0) is 54.2 Å². The number of hydrogen-bond acceptors (Lipinski definition) is 3. The monoisotopic (exact) mass is 477 g/mol. The second kappa shape index (κ2) is 9.15. The molecule has 10 heteroatoms. The lowest BCUT2D eigenvalue weighted by molar-refractivity contribution is 0.264. The first-order chi connectivity index (χ1) is 13.3. The first kappa shape index (κ1) is 21.6. The molecule has 1 heterocycles. The number of nitrogens with zero attached hydrogens (tertiary/aromatic N) is 2. The number of hydrogen-bond donors (Lipinski definition) is 1. The van der Waals surface area contributed by atoms with Gasteiger partial charge in [0.25, 0.3) is 0 Å². The summed E-state index contributed by atoms with van der Waals surface area (Å²) in [5, 5.41) is 5.38. The SMILES string of the molecule is O=S(=O)(c1ccc(Cl)cc1)N1CCN(C(=S)NCc2ccc(Cl)cc2Cl)CC1. The first-order valence-electron chi connectivity index (χ1n) is 8.50. The molecule has 3 rings (SSSR count). The van der Waals surface area contributed by atoms with Crippen molar-refractivity contribution in [1.82, 2.24) is 14.5 Å². The topological polar surface area (TPSA) is 52.7 Å². The molecular weight excluding hydrogens is 461 g/mol. The van der Waals surface area contributed by atoms with Crippen LogP contribution in [0, 0.1) is 0 Å². The molecule has 1 fully saturated rings. The molecule has 1 saturated heterocycles. The van der Waals surface area contributed by atoms with Gasteiger partial charge in [0.05, 0.1) is 4.90 Å². The van der Waals surface area contributed by atoms with Crippen LogP contribution in [0.25, 0.3) is 0 Å². The van der Waals surface area contributed by atoms with Crippen LogP contribution < -0.4 is 5.32 Å². The molecule has 0 aromatic heterocycles. The van der Waals surface area contributed by atoms with Gasteiger partial charge in [-0.15, -0.1) is 0 Å². The van der Waals surface area contributed by atoms with Gasteiger partial charge in [-0.1, -0.05) is 40.9 Å². The largest absolute Gasteiger partial charge is 0.358 e. The Morgan fingerprint density at radius 2 is 1.57 bits per heavy atom. The number of thiocarbonyl (C=S) groups is 1. The van der Waals surface area contributed by atoms with Crippen LogP contribution in [0.3, 0.4) is 0 Å². The van der Waals surface area contributed by atoms with Gasteiger partial charge in [-0.3, -0.25) is 0 Å². The van der Waals surface area contributed by atoms with E-state index in [9.17, 15) is 8.42 Å². The Morgan fingerprint density at radius 3 is 2.18 bits per heavy atom. The lowest BCUT2D eigenvalue weighted by Crippen LogP contribution is -2.52. The Morgan fingerprint density at radius 1 is 0.964 bits per heavy atom. The quantitative estimate of drug-likeness (QED) is 0.673. The summed E-state index contributed by atoms with van der Waals surface area (Å²) in [5.41, 5.74) is 0.886. The van der Waals surface area contributed by atoms with E-state index in [0.29, 0.717) is 52.9 Å². The van der Waals surface area contributed by atoms with Gasteiger partial charge in [0, 0.05) is 47.8 Å². The molecule has 0 radical (unpaired) electrons. The lowest BCUT2D eigenvalue weighted by atomic mass is 10.2. The van der Waals surface area contributed by atoms with Gasteiger partial charge in [0.2, 0.25) is 10.0 Å². The predicted octanol–water partition coefficient (Wildman–Crippen LogP) is 4.03. The Labute approximate surface area is 185 Å². The van der Waals surface area contributed by atoms with Crippen molar-refractivity contribution in [3.63, 3.8) is 0 Å². The Hall–Kier alpha value is -1.09. The Kier molecular flexibility index (Phi) is 7.07. The summed E-state index contributed by atoms with van der Waals surface area (Å²) in [7, 11) is -3.54. The number of rotatable bonds is 4. The molecule has 1 aliphatic heterocycles. The Bertz CT molecular complexity index is 961. The second-order valence-corrected chi connectivity index (χ2v) is 9.84. The van der Waals surface area contributed by atoms with Gasteiger partial charge in [0.15, 0.2) is 5.11 Å². The fraction of sp³-hybridized carbons (Fsp3) is 0.278. The number of piperazine rings is 1. The molecular formula is C18H18Cl3N3O2S2. The highest BCUT2D eigenvalue weighted by Gasteiger charge is 2.29. The van der Waals surface area contributed by atoms with E-state index in [0.717, 1.165) is 5.56 Å². The number of halogens is 3. The minimum atomic E-state index is -3.54. The summed E-state index contributed by atoms with van der Waals surface area (Å²) in [5.74, 6) is 0. The predicted molar refractivity (Wildman–Crippen MR) is 118 cm³/mol. The minimum Gasteiger partial charge on any atom is -0.358 e. The van der Waals surface area contributed by atoms with Crippen molar-refractivity contribution < 1.29 is 8.42 Å². The molecule has 0 saturated carbocycles. The highest BCUT2D eigenvalue weighted by molar-refractivity contribution is 7.89. The molecule has 0 atom stereocenters. The highest BCUT2D eigenvalue weighted by atomic mass is 35.5. The standard InChI is InChI=1S/C18H18Cl3N3O2S2/c19-14-3-5-16(6-4-14)28(25,26)24-9-7-23(8-10-24)18(27)22-12-13-1-2-15(20)11-17(13)21/h1-6,11H,7-10,12H2,(H,22,27). The molecule has 5 nitrogen and oxygen atoms in total. The molecule has 0 spiro atoms. The molecule has 0 amide bonds. The van der Waals surface area contributed by atoms with Gasteiger partial charge in [-0.2, -0.15) is 4.31 Å². The van der Waals surface area contributed by atoms with Crippen molar-refractivity contribution in [1.29, 1.82) is 0 Å². The fourth-order valence-corrected chi connectivity index (χ4v) is 5.11. The minimum absolute atomic E-state index is 0.239. The van der Waals surface area contributed by atoms with Crippen molar-refractivity contribution >= 4 is 62.2 Å². The summed E-state index contributed by atoms with van der Waals surface area (Å²) < 4.78 is 26.9. The smallest absolute Gasteiger partial charge is 0.243 e. The molecule has 2 aromatic rings. The van der Waals surface area contributed by atoms with E-state index >= 15 is 0 Å². The maximum absolute atomic E-state index is 12.7. The van der Waals surface area contributed by atoms with Crippen molar-refractivity contribution in [2.75, 3.05) is 26.2 Å². The van der Waals surface area contributed by atoms with Crippen molar-refractivity contribution in [3.05, 3.63) is 63.1 Å². The maximum atomic E-state index is 12.7. The maximum Gasteiger partial charge on any atom is 0.243 e. The van der Waals surface area contributed by atoms with Crippen LogP contribution in [0.1, 0.15) is 5.56 Å². The van der Waals surface area contributed by atoms with E-state index in [2.05, 4.69) is 5.32 Å². The van der Waals surface area contributed by atoms with Gasteiger partial charge in [-0.25, -0.2) is 8.42 Å². The average molecular weight is 479 g/mol. The average Bonchev–Trinajstić information content (AvgIpc) is 2.67. The van der Waals surface area contributed by atoms with Crippen LogP contribution in [0.2, 0.25) is 15.1 Å². The van der Waals surface area contributed by atoms with Crippen LogP contribution in [-0.2, 0) is 16.6 Å². The number of benzene rings is 2. The van der Waals surface area contributed by atoms with E-state index in [1.807, 2.05) is 11.0 Å². The van der Waals surface area contributed by atoms with E-state index in [1.165, 1.54) is 16.4 Å². The highest BCUT2D eigenvalue weighted by Crippen LogP contribution is 2.22. The lowest BCUT2D eigenvalue weighted by Gasteiger charge is -2.35. The second-order valence-electron chi connectivity index (χ2n) is 6.24. The van der Waals surface area contributed by atoms with E-state index in [4.69, 9.17) is 47.0 Å². The summed E-state index contributed by atoms with van der Waals surface area (Å²) >= 11 is 23.4. The Balaban J connectivity index is 1.55. The van der Waals surface area contributed by atoms with E-state index < -0.39 is 10.0 Å². The van der Waals surface area contributed by atoms with Gasteiger partial charge in [0.1, 0.15) is 0 Å². The molecule has 1 aliphatic rings. The zero-order valence-electron chi connectivity index (χ0n) is 14.7. The van der Waals surface area contributed by atoms with Crippen LogP contribution in [0.4, 0.5) is 0 Å². The molecule has 0 bridgehead atoms. The third kappa shape index (κ3) is 5.09. The van der Waals surface area contributed by atoms with E-state index in [1.54, 1.807) is 24.3 Å². The normalized spacial score (nSPS) is 15.5. The molecule has 2 aromatic carbocycles. The summed E-state index contributed by atoms with van der Waals surface area (Å²) in [6.07, 6.45) is 0. The van der Waals surface area contributed by atoms with Crippen LogP contribution in [0.5, 0.6) is 0 Å². The third-order valence-corrected chi connectivity index (χ3v) is 7.58. The van der Waals surface area contributed by atoms with Crippen molar-refractivity contribution in [3.8, 4) is 0 Å². The third-order valence-electron chi connectivity index (χ3n) is 4.42. The molecule has 0 unspecified atom stereocenters. The number of sulfonamides is 1. The van der Waals surface area contributed by atoms with Crippen LogP contribution in [-0.4, -0.2) is 48.9 Å². The number of nitrogens with one attached hydrogen (secondary N) is 1. The van der Waals surface area contributed by atoms with Gasteiger partial charge >= 0.3 is 0 Å². The molecule has 150 valence electrons. The van der Waals surface area contributed by atoms with Crippen molar-refractivity contribution in [2.24, 2.45) is 0 Å². The zero-order valence-corrected chi connectivity index (χ0v) is 18.6. The van der Waals surface area contributed by atoms with E-state index in [-0.39, 0.29) is 4.90 Å². The fourth-order valence-electron chi connectivity index (χ4n) is 2.83. The zero-order chi connectivity index (χ0) is 20.3. The van der Waals surface area contributed by atoms with Crippen molar-refractivity contribution in [2.45, 2.75) is 11.4 Å². The first-order valence-corrected chi connectivity index (χ1v) is 11.5. The van der Waals surface area contributed by atoms with Crippen LogP contribution in [0.15, 0.2) is 47.4 Å². The molecule has 0 aliphatic carbocycles. The van der Waals surface area contributed by atoms with Crippen LogP contribution >= 0.6 is 47.0 Å². The summed E-state index contributed by atoms with van der Waals surface area (Å²) in [6.45, 7) is 2.20. The molecule has 1 N–H and O–H groups in total. The molecule has 28 heavy (non-hydrogen) atoms. The summed E-state index contributed by atoms with van der Waals surface area (Å²) in [4.78, 5) is 2.19. The summed E-state index contributed by atoms with van der Waals surface area (Å²) in [6, 6.07) is 11.5.